The Hall–Kier alpha value is -1.74. The first-order valence-electron chi connectivity index (χ1n) is 4.57. The number of esters is 1. The molecule has 0 spiro atoms. The van der Waals surface area contributed by atoms with Crippen LogP contribution < -0.4 is 0 Å². The fraction of sp³-hybridized carbons (Fsp3) is 0.300. The molecule has 1 aromatic rings. The van der Waals surface area contributed by atoms with Crippen LogP contribution in [0.2, 0.25) is 5.02 Å². The summed E-state index contributed by atoms with van der Waals surface area (Å²) in [5.74, 6) is -0.873. The van der Waals surface area contributed by atoms with Gasteiger partial charge in [0.15, 0.2) is 0 Å². The summed E-state index contributed by atoms with van der Waals surface area (Å²) in [4.78, 5) is 14.7. The number of nitrogens with zero attached hydrogens (tertiary/aromatic N) is 2. The fourth-order valence-corrected chi connectivity index (χ4v) is 1.31. The SMILES string of the molecule is CCOC(=O)c1cc(C#N)c(Cl)c(C(F)F)n1. The van der Waals surface area contributed by atoms with Gasteiger partial charge in [0.25, 0.3) is 6.43 Å². The zero-order chi connectivity index (χ0) is 13.0. The Morgan fingerprint density at radius 1 is 1.71 bits per heavy atom. The van der Waals surface area contributed by atoms with E-state index >= 15 is 0 Å². The highest BCUT2D eigenvalue weighted by Crippen LogP contribution is 2.28. The molecule has 0 unspecified atom stereocenters. The van der Waals surface area contributed by atoms with E-state index in [4.69, 9.17) is 16.9 Å². The van der Waals surface area contributed by atoms with Crippen molar-refractivity contribution in [3.8, 4) is 6.07 Å². The average molecular weight is 261 g/mol. The third-order valence-electron chi connectivity index (χ3n) is 1.80. The Bertz CT molecular complexity index is 486. The van der Waals surface area contributed by atoms with Crippen molar-refractivity contribution >= 4 is 17.6 Å². The van der Waals surface area contributed by atoms with Gasteiger partial charge >= 0.3 is 5.97 Å². The first kappa shape index (κ1) is 13.3. The van der Waals surface area contributed by atoms with E-state index in [1.54, 1.807) is 13.0 Å². The van der Waals surface area contributed by atoms with Crippen molar-refractivity contribution in [3.05, 3.63) is 28.0 Å². The Labute approximate surface area is 101 Å². The third kappa shape index (κ3) is 2.88. The Balaban J connectivity index is 3.31. The van der Waals surface area contributed by atoms with Crippen LogP contribution in [0.15, 0.2) is 6.07 Å². The predicted molar refractivity (Wildman–Crippen MR) is 54.9 cm³/mol. The number of nitriles is 1. The number of carbonyl (C=O) groups is 1. The van der Waals surface area contributed by atoms with Gasteiger partial charge in [-0.25, -0.2) is 18.6 Å². The van der Waals surface area contributed by atoms with Gasteiger partial charge in [0, 0.05) is 0 Å². The topological polar surface area (TPSA) is 63.0 Å². The molecule has 0 radical (unpaired) electrons. The van der Waals surface area contributed by atoms with Crippen LogP contribution in [0.3, 0.4) is 0 Å². The average Bonchev–Trinajstić information content (AvgIpc) is 2.29. The summed E-state index contributed by atoms with van der Waals surface area (Å²) in [6, 6.07) is 2.63. The highest BCUT2D eigenvalue weighted by molar-refractivity contribution is 6.32. The van der Waals surface area contributed by atoms with E-state index in [1.807, 2.05) is 0 Å². The van der Waals surface area contributed by atoms with E-state index in [-0.39, 0.29) is 17.9 Å². The van der Waals surface area contributed by atoms with Crippen LogP contribution in [0, 0.1) is 11.3 Å². The molecule has 7 heteroatoms. The Morgan fingerprint density at radius 2 is 2.35 bits per heavy atom. The Morgan fingerprint density at radius 3 is 2.82 bits per heavy atom. The highest BCUT2D eigenvalue weighted by Gasteiger charge is 2.21. The van der Waals surface area contributed by atoms with Crippen LogP contribution >= 0.6 is 11.6 Å². The minimum Gasteiger partial charge on any atom is -0.461 e. The number of alkyl halides is 2. The van der Waals surface area contributed by atoms with E-state index in [2.05, 4.69) is 9.72 Å². The van der Waals surface area contributed by atoms with Crippen LogP contribution in [0.4, 0.5) is 8.78 Å². The Kier molecular flexibility index (Phi) is 4.35. The van der Waals surface area contributed by atoms with Gasteiger partial charge in [0.1, 0.15) is 17.5 Å². The second kappa shape index (κ2) is 5.55. The van der Waals surface area contributed by atoms with E-state index in [1.165, 1.54) is 0 Å². The lowest BCUT2D eigenvalue weighted by Gasteiger charge is -2.07. The van der Waals surface area contributed by atoms with Gasteiger partial charge in [-0.15, -0.1) is 0 Å². The number of halogens is 3. The van der Waals surface area contributed by atoms with Gasteiger partial charge < -0.3 is 4.74 Å². The van der Waals surface area contributed by atoms with Crippen LogP contribution in [-0.2, 0) is 4.74 Å². The van der Waals surface area contributed by atoms with E-state index in [0.29, 0.717) is 0 Å². The van der Waals surface area contributed by atoms with Gasteiger partial charge in [-0.3, -0.25) is 0 Å². The van der Waals surface area contributed by atoms with Gasteiger partial charge in [-0.05, 0) is 13.0 Å². The molecule has 1 rings (SSSR count). The molecule has 0 bridgehead atoms. The highest BCUT2D eigenvalue weighted by atomic mass is 35.5. The summed E-state index contributed by atoms with van der Waals surface area (Å²) in [5.41, 5.74) is -1.39. The standard InChI is InChI=1S/C10H7ClF2N2O2/c1-2-17-10(16)6-3-5(4-14)7(11)8(15-6)9(12)13/h3,9H,2H2,1H3. The van der Waals surface area contributed by atoms with Crippen LogP contribution in [-0.4, -0.2) is 17.6 Å². The molecule has 0 aromatic carbocycles. The number of rotatable bonds is 3. The lowest BCUT2D eigenvalue weighted by molar-refractivity contribution is 0.0518. The predicted octanol–water partition coefficient (Wildman–Crippen LogP) is 2.72. The van der Waals surface area contributed by atoms with Crippen molar-refractivity contribution in [1.29, 1.82) is 5.26 Å². The summed E-state index contributed by atoms with van der Waals surface area (Å²) in [7, 11) is 0. The maximum Gasteiger partial charge on any atom is 0.356 e. The molecule has 17 heavy (non-hydrogen) atoms. The lowest BCUT2D eigenvalue weighted by Crippen LogP contribution is -2.10. The molecule has 0 atom stereocenters. The van der Waals surface area contributed by atoms with Crippen molar-refractivity contribution in [2.75, 3.05) is 6.61 Å². The summed E-state index contributed by atoms with van der Waals surface area (Å²) >= 11 is 5.54. The molecule has 0 saturated carbocycles. The van der Waals surface area contributed by atoms with Crippen molar-refractivity contribution < 1.29 is 18.3 Å². The summed E-state index contributed by atoms with van der Waals surface area (Å²) in [6.07, 6.45) is -2.97. The van der Waals surface area contributed by atoms with E-state index < -0.39 is 23.1 Å². The molecule has 0 aliphatic rings. The van der Waals surface area contributed by atoms with Crippen molar-refractivity contribution in [2.45, 2.75) is 13.3 Å². The molecule has 0 aliphatic heterocycles. The number of aromatic nitrogens is 1. The molecular formula is C10H7ClF2N2O2. The van der Waals surface area contributed by atoms with Crippen LogP contribution in [0.1, 0.15) is 35.1 Å². The van der Waals surface area contributed by atoms with Gasteiger partial charge in [-0.2, -0.15) is 5.26 Å². The zero-order valence-corrected chi connectivity index (χ0v) is 9.46. The van der Waals surface area contributed by atoms with Crippen LogP contribution in [0.25, 0.3) is 0 Å². The number of hydrogen-bond acceptors (Lipinski definition) is 4. The largest absolute Gasteiger partial charge is 0.461 e. The third-order valence-corrected chi connectivity index (χ3v) is 2.19. The summed E-state index contributed by atoms with van der Waals surface area (Å²) in [6.45, 7) is 1.64. The molecule has 1 heterocycles. The first-order chi connectivity index (χ1) is 8.01. The molecule has 4 nitrogen and oxygen atoms in total. The minimum absolute atomic E-state index is 0.0784. The second-order valence-electron chi connectivity index (χ2n) is 2.89. The molecular weight excluding hydrogens is 254 g/mol. The van der Waals surface area contributed by atoms with Crippen LogP contribution in [0.5, 0.6) is 0 Å². The maximum absolute atomic E-state index is 12.6. The molecule has 0 N–H and O–H groups in total. The zero-order valence-electron chi connectivity index (χ0n) is 8.71. The fourth-order valence-electron chi connectivity index (χ4n) is 1.08. The minimum atomic E-state index is -2.97. The molecule has 0 fully saturated rings. The van der Waals surface area contributed by atoms with Crippen molar-refractivity contribution in [1.82, 2.24) is 4.98 Å². The number of hydrogen-bond donors (Lipinski definition) is 0. The van der Waals surface area contributed by atoms with Crippen molar-refractivity contribution in [2.24, 2.45) is 0 Å². The smallest absolute Gasteiger partial charge is 0.356 e. The number of ether oxygens (including phenoxy) is 1. The molecule has 1 aromatic heterocycles. The number of pyridine rings is 1. The summed E-state index contributed by atoms with van der Waals surface area (Å²) < 4.78 is 29.7. The van der Waals surface area contributed by atoms with Gasteiger partial charge in [0.05, 0.1) is 17.2 Å². The van der Waals surface area contributed by atoms with E-state index in [0.717, 1.165) is 6.07 Å². The molecule has 0 amide bonds. The molecule has 90 valence electrons. The van der Waals surface area contributed by atoms with Gasteiger partial charge in [-0.1, -0.05) is 11.6 Å². The number of carbonyl (C=O) groups excluding carboxylic acids is 1. The molecule has 0 aliphatic carbocycles. The van der Waals surface area contributed by atoms with E-state index in [9.17, 15) is 13.6 Å². The normalized spacial score (nSPS) is 10.1. The quantitative estimate of drug-likeness (QED) is 0.784. The first-order valence-corrected chi connectivity index (χ1v) is 4.94. The van der Waals surface area contributed by atoms with Gasteiger partial charge in [0.2, 0.25) is 0 Å². The monoisotopic (exact) mass is 260 g/mol. The van der Waals surface area contributed by atoms with Crippen molar-refractivity contribution in [3.63, 3.8) is 0 Å². The summed E-state index contributed by atoms with van der Waals surface area (Å²) in [5, 5.41) is 8.25. The maximum atomic E-state index is 12.6. The second-order valence-corrected chi connectivity index (χ2v) is 3.27. The molecule has 0 saturated heterocycles. The lowest BCUT2D eigenvalue weighted by atomic mass is 10.2.